The monoisotopic (exact) mass is 361 g/mol. The maximum Gasteiger partial charge on any atom is 0.348 e. The average molecular weight is 362 g/mol. The number of H-pyrrole nitrogens is 2. The SMILES string of the molecule is O=c1[nH]nc(-c2cc3cn[nH]c3cc2O)n1-c1cccc(Cl)c1Cl. The van der Waals surface area contributed by atoms with Crippen LogP contribution in [-0.4, -0.2) is 30.1 Å². The van der Waals surface area contributed by atoms with Crippen LogP contribution in [-0.2, 0) is 0 Å². The second kappa shape index (κ2) is 5.40. The Kier molecular flexibility index (Phi) is 3.33. The van der Waals surface area contributed by atoms with E-state index < -0.39 is 5.69 Å². The maximum absolute atomic E-state index is 12.2. The molecule has 0 radical (unpaired) electrons. The van der Waals surface area contributed by atoms with Crippen LogP contribution in [0.25, 0.3) is 28.0 Å². The molecule has 4 aromatic rings. The Morgan fingerprint density at radius 1 is 1.17 bits per heavy atom. The number of hydrogen-bond donors (Lipinski definition) is 3. The minimum atomic E-state index is -0.499. The molecule has 0 atom stereocenters. The summed E-state index contributed by atoms with van der Waals surface area (Å²) in [6.07, 6.45) is 1.61. The molecule has 0 saturated carbocycles. The van der Waals surface area contributed by atoms with E-state index in [2.05, 4.69) is 20.4 Å². The smallest absolute Gasteiger partial charge is 0.348 e. The highest BCUT2D eigenvalue weighted by molar-refractivity contribution is 6.43. The number of rotatable bonds is 2. The van der Waals surface area contributed by atoms with Gasteiger partial charge in [-0.1, -0.05) is 29.3 Å². The molecular formula is C15H9Cl2N5O2. The Hall–Kier alpha value is -2.77. The van der Waals surface area contributed by atoms with Crippen molar-refractivity contribution in [3.05, 3.63) is 57.1 Å². The molecule has 0 unspecified atom stereocenters. The lowest BCUT2D eigenvalue weighted by Gasteiger charge is -2.10. The third kappa shape index (κ3) is 2.17. The lowest BCUT2D eigenvalue weighted by molar-refractivity contribution is 0.477. The number of fused-ring (bicyclic) bond motifs is 1. The zero-order chi connectivity index (χ0) is 16.8. The second-order valence-corrected chi connectivity index (χ2v) is 5.87. The zero-order valence-electron chi connectivity index (χ0n) is 11.9. The first-order valence-corrected chi connectivity index (χ1v) is 7.60. The van der Waals surface area contributed by atoms with Crippen LogP contribution in [0, 0.1) is 0 Å². The summed E-state index contributed by atoms with van der Waals surface area (Å²) in [5.41, 5.74) is 0.894. The molecule has 9 heteroatoms. The number of phenols is 1. The van der Waals surface area contributed by atoms with E-state index in [4.69, 9.17) is 23.2 Å². The van der Waals surface area contributed by atoms with Gasteiger partial charge in [-0.3, -0.25) is 5.10 Å². The van der Waals surface area contributed by atoms with Crippen LogP contribution in [0.15, 0.2) is 41.3 Å². The Labute approximate surface area is 144 Å². The topological polar surface area (TPSA) is 99.6 Å². The number of aromatic hydroxyl groups is 1. The van der Waals surface area contributed by atoms with Gasteiger partial charge in [0.05, 0.1) is 33.0 Å². The van der Waals surface area contributed by atoms with Gasteiger partial charge in [0.15, 0.2) is 5.82 Å². The van der Waals surface area contributed by atoms with Gasteiger partial charge in [0, 0.05) is 11.5 Å². The summed E-state index contributed by atoms with van der Waals surface area (Å²) in [7, 11) is 0. The van der Waals surface area contributed by atoms with Crippen molar-refractivity contribution in [2.24, 2.45) is 0 Å². The van der Waals surface area contributed by atoms with E-state index in [-0.39, 0.29) is 16.6 Å². The Morgan fingerprint density at radius 3 is 2.83 bits per heavy atom. The van der Waals surface area contributed by atoms with Crippen molar-refractivity contribution < 1.29 is 5.11 Å². The van der Waals surface area contributed by atoms with Gasteiger partial charge in [-0.2, -0.15) is 10.2 Å². The molecule has 2 heterocycles. The first-order chi connectivity index (χ1) is 11.6. The zero-order valence-corrected chi connectivity index (χ0v) is 13.4. The summed E-state index contributed by atoms with van der Waals surface area (Å²) in [4.78, 5) is 12.2. The Bertz CT molecular complexity index is 1130. The number of halogens is 2. The molecule has 0 saturated heterocycles. The number of aromatic amines is 2. The summed E-state index contributed by atoms with van der Waals surface area (Å²) in [6, 6.07) is 8.13. The number of phenolic OH excluding ortho intramolecular Hbond substituents is 1. The molecule has 7 nitrogen and oxygen atoms in total. The van der Waals surface area contributed by atoms with Gasteiger partial charge in [0.25, 0.3) is 0 Å². The first-order valence-electron chi connectivity index (χ1n) is 6.84. The first kappa shape index (κ1) is 14.8. The van der Waals surface area contributed by atoms with Gasteiger partial charge in [0.2, 0.25) is 0 Å². The van der Waals surface area contributed by atoms with Gasteiger partial charge in [-0.25, -0.2) is 14.5 Å². The fourth-order valence-electron chi connectivity index (χ4n) is 2.53. The van der Waals surface area contributed by atoms with Crippen LogP contribution in [0.3, 0.4) is 0 Å². The highest BCUT2D eigenvalue weighted by Gasteiger charge is 2.19. The molecule has 120 valence electrons. The molecule has 24 heavy (non-hydrogen) atoms. The van der Waals surface area contributed by atoms with Crippen LogP contribution in [0.1, 0.15) is 0 Å². The van der Waals surface area contributed by atoms with E-state index in [9.17, 15) is 9.90 Å². The summed E-state index contributed by atoms with van der Waals surface area (Å²) in [5.74, 6) is 0.162. The molecule has 0 spiro atoms. The van der Waals surface area contributed by atoms with Gasteiger partial charge in [0.1, 0.15) is 5.75 Å². The molecule has 2 aromatic carbocycles. The van der Waals surface area contributed by atoms with Gasteiger partial charge < -0.3 is 5.11 Å². The van der Waals surface area contributed by atoms with E-state index in [1.807, 2.05) is 0 Å². The molecule has 0 aliphatic heterocycles. The minimum absolute atomic E-state index is 0.0508. The molecule has 2 aromatic heterocycles. The van der Waals surface area contributed by atoms with Gasteiger partial charge in [-0.15, -0.1) is 0 Å². The average Bonchev–Trinajstić information content (AvgIpc) is 3.15. The molecule has 0 bridgehead atoms. The lowest BCUT2D eigenvalue weighted by Crippen LogP contribution is -2.16. The van der Waals surface area contributed by atoms with Crippen LogP contribution in [0.4, 0.5) is 0 Å². The van der Waals surface area contributed by atoms with E-state index in [0.29, 0.717) is 21.8 Å². The Morgan fingerprint density at radius 2 is 2.00 bits per heavy atom. The third-order valence-electron chi connectivity index (χ3n) is 3.64. The van der Waals surface area contributed by atoms with Crippen molar-refractivity contribution in [2.45, 2.75) is 0 Å². The van der Waals surface area contributed by atoms with Crippen molar-refractivity contribution in [1.82, 2.24) is 25.0 Å². The quantitative estimate of drug-likeness (QED) is 0.510. The van der Waals surface area contributed by atoms with Crippen molar-refractivity contribution in [3.63, 3.8) is 0 Å². The second-order valence-electron chi connectivity index (χ2n) is 5.09. The van der Waals surface area contributed by atoms with Gasteiger partial charge >= 0.3 is 5.69 Å². The lowest BCUT2D eigenvalue weighted by atomic mass is 10.1. The summed E-state index contributed by atoms with van der Waals surface area (Å²) >= 11 is 12.3. The molecule has 0 aliphatic carbocycles. The number of benzene rings is 2. The summed E-state index contributed by atoms with van der Waals surface area (Å²) in [6.45, 7) is 0. The number of hydrogen-bond acceptors (Lipinski definition) is 4. The highest BCUT2D eigenvalue weighted by atomic mass is 35.5. The van der Waals surface area contributed by atoms with E-state index >= 15 is 0 Å². The predicted molar refractivity (Wildman–Crippen MR) is 91.0 cm³/mol. The van der Waals surface area contributed by atoms with Gasteiger partial charge in [-0.05, 0) is 18.2 Å². The highest BCUT2D eigenvalue weighted by Crippen LogP contribution is 2.34. The molecule has 0 amide bonds. The fraction of sp³-hybridized carbons (Fsp3) is 0. The molecule has 4 rings (SSSR count). The molecule has 3 N–H and O–H groups in total. The maximum atomic E-state index is 12.2. The summed E-state index contributed by atoms with van der Waals surface area (Å²) in [5, 5.41) is 24.7. The van der Waals surface area contributed by atoms with E-state index in [0.717, 1.165) is 5.39 Å². The third-order valence-corrected chi connectivity index (χ3v) is 4.45. The number of nitrogens with zero attached hydrogens (tertiary/aromatic N) is 3. The minimum Gasteiger partial charge on any atom is -0.507 e. The normalized spacial score (nSPS) is 11.2. The number of nitrogens with one attached hydrogen (secondary N) is 2. The van der Waals surface area contributed by atoms with Crippen LogP contribution >= 0.6 is 23.2 Å². The fourth-order valence-corrected chi connectivity index (χ4v) is 2.91. The van der Waals surface area contributed by atoms with Crippen molar-refractivity contribution in [1.29, 1.82) is 0 Å². The number of aromatic nitrogens is 5. The molecule has 0 aliphatic rings. The van der Waals surface area contributed by atoms with Crippen LogP contribution in [0.2, 0.25) is 10.0 Å². The van der Waals surface area contributed by atoms with Crippen LogP contribution < -0.4 is 5.69 Å². The van der Waals surface area contributed by atoms with Crippen molar-refractivity contribution in [2.75, 3.05) is 0 Å². The van der Waals surface area contributed by atoms with Crippen molar-refractivity contribution >= 4 is 34.1 Å². The largest absolute Gasteiger partial charge is 0.507 e. The van der Waals surface area contributed by atoms with Crippen LogP contribution in [0.5, 0.6) is 5.75 Å². The molecule has 0 fully saturated rings. The standard InChI is InChI=1S/C15H9Cl2N5O2/c16-9-2-1-3-11(13(9)17)22-14(20-21-15(22)24)8-4-7-6-18-19-10(7)5-12(8)23/h1-6,23H,(H,18,19)(H,21,24). The van der Waals surface area contributed by atoms with Crippen molar-refractivity contribution in [3.8, 4) is 22.8 Å². The van der Waals surface area contributed by atoms with E-state index in [1.165, 1.54) is 10.6 Å². The molecular weight excluding hydrogens is 353 g/mol. The summed E-state index contributed by atoms with van der Waals surface area (Å²) < 4.78 is 1.26. The van der Waals surface area contributed by atoms with E-state index in [1.54, 1.807) is 30.5 Å². The Balaban J connectivity index is 2.02. The predicted octanol–water partition coefficient (Wildman–Crippen LogP) is 3.12.